The van der Waals surface area contributed by atoms with Crippen LogP contribution in [0.15, 0.2) is 30.3 Å². The van der Waals surface area contributed by atoms with Gasteiger partial charge in [-0.15, -0.1) is 0 Å². The molecule has 1 amide bonds. The minimum atomic E-state index is -0.782. The molecular formula is C14H19NO2. The van der Waals surface area contributed by atoms with Gasteiger partial charge in [0.15, 0.2) is 0 Å². The quantitative estimate of drug-likeness (QED) is 0.852. The Balaban J connectivity index is 2.05. The topological polar surface area (TPSA) is 40.5 Å². The Labute approximate surface area is 102 Å². The predicted molar refractivity (Wildman–Crippen MR) is 67.2 cm³/mol. The van der Waals surface area contributed by atoms with Gasteiger partial charge in [-0.2, -0.15) is 0 Å². The second kappa shape index (κ2) is 5.21. The van der Waals surface area contributed by atoms with Crippen molar-refractivity contribution in [1.29, 1.82) is 0 Å². The van der Waals surface area contributed by atoms with Gasteiger partial charge in [-0.05, 0) is 30.2 Å². The van der Waals surface area contributed by atoms with Crippen LogP contribution in [0.5, 0.6) is 0 Å². The summed E-state index contributed by atoms with van der Waals surface area (Å²) < 4.78 is 0. The van der Waals surface area contributed by atoms with Crippen LogP contribution < -0.4 is 0 Å². The smallest absolute Gasteiger partial charge is 0.407 e. The molecular weight excluding hydrogens is 214 g/mol. The van der Waals surface area contributed by atoms with Crippen LogP contribution in [0.4, 0.5) is 4.79 Å². The standard InChI is InChI=1S/C14H19NO2/c1-11(12-6-3-2-4-7-12)13-8-5-9-15(10-13)14(16)17/h2-4,6-7,11,13H,5,8-10H2,1H3,(H,16,17). The van der Waals surface area contributed by atoms with Crippen molar-refractivity contribution in [2.75, 3.05) is 13.1 Å². The maximum Gasteiger partial charge on any atom is 0.407 e. The van der Waals surface area contributed by atoms with Crippen LogP contribution in [0.2, 0.25) is 0 Å². The van der Waals surface area contributed by atoms with Crippen LogP contribution in [0.1, 0.15) is 31.2 Å². The summed E-state index contributed by atoms with van der Waals surface area (Å²) in [5.41, 5.74) is 1.31. The Kier molecular flexibility index (Phi) is 3.67. The molecule has 1 fully saturated rings. The van der Waals surface area contributed by atoms with Crippen molar-refractivity contribution < 1.29 is 9.90 Å². The largest absolute Gasteiger partial charge is 0.465 e. The van der Waals surface area contributed by atoms with Crippen molar-refractivity contribution in [1.82, 2.24) is 4.90 Å². The Bertz CT molecular complexity index is 377. The average molecular weight is 233 g/mol. The molecule has 1 aliphatic rings. The van der Waals surface area contributed by atoms with E-state index in [1.807, 2.05) is 18.2 Å². The first-order chi connectivity index (χ1) is 8.18. The summed E-state index contributed by atoms with van der Waals surface area (Å²) in [4.78, 5) is 12.5. The fourth-order valence-electron chi connectivity index (χ4n) is 2.62. The van der Waals surface area contributed by atoms with E-state index >= 15 is 0 Å². The molecule has 1 N–H and O–H groups in total. The summed E-state index contributed by atoms with van der Waals surface area (Å²) in [7, 11) is 0. The van der Waals surface area contributed by atoms with Crippen molar-refractivity contribution >= 4 is 6.09 Å². The second-order valence-electron chi connectivity index (χ2n) is 4.83. The number of amides is 1. The zero-order chi connectivity index (χ0) is 12.3. The summed E-state index contributed by atoms with van der Waals surface area (Å²) in [5.74, 6) is 0.876. The number of rotatable bonds is 2. The van der Waals surface area contributed by atoms with Crippen molar-refractivity contribution in [2.24, 2.45) is 5.92 Å². The lowest BCUT2D eigenvalue weighted by molar-refractivity contribution is 0.115. The fourth-order valence-corrected chi connectivity index (χ4v) is 2.62. The highest BCUT2D eigenvalue weighted by Gasteiger charge is 2.27. The van der Waals surface area contributed by atoms with Gasteiger partial charge in [-0.25, -0.2) is 4.79 Å². The zero-order valence-electron chi connectivity index (χ0n) is 10.2. The van der Waals surface area contributed by atoms with Gasteiger partial charge in [-0.1, -0.05) is 37.3 Å². The van der Waals surface area contributed by atoms with Gasteiger partial charge in [0.2, 0.25) is 0 Å². The molecule has 0 aliphatic carbocycles. The van der Waals surface area contributed by atoms with Crippen LogP contribution >= 0.6 is 0 Å². The number of likely N-dealkylation sites (tertiary alicyclic amines) is 1. The number of hydrogen-bond acceptors (Lipinski definition) is 1. The Morgan fingerprint density at radius 1 is 1.41 bits per heavy atom. The average Bonchev–Trinajstić information content (AvgIpc) is 2.39. The summed E-state index contributed by atoms with van der Waals surface area (Å²) in [5, 5.41) is 9.03. The molecule has 1 aliphatic heterocycles. The van der Waals surface area contributed by atoms with Gasteiger partial charge >= 0.3 is 6.09 Å². The minimum Gasteiger partial charge on any atom is -0.465 e. The van der Waals surface area contributed by atoms with E-state index in [1.54, 1.807) is 4.90 Å². The predicted octanol–water partition coefficient (Wildman–Crippen LogP) is 3.18. The molecule has 0 saturated carbocycles. The van der Waals surface area contributed by atoms with Gasteiger partial charge in [0, 0.05) is 13.1 Å². The van der Waals surface area contributed by atoms with E-state index in [0.29, 0.717) is 24.9 Å². The van der Waals surface area contributed by atoms with Crippen LogP contribution in [0, 0.1) is 5.92 Å². The first-order valence-electron chi connectivity index (χ1n) is 6.21. The van der Waals surface area contributed by atoms with E-state index in [0.717, 1.165) is 12.8 Å². The van der Waals surface area contributed by atoms with Crippen LogP contribution in [0.25, 0.3) is 0 Å². The summed E-state index contributed by atoms with van der Waals surface area (Å²) >= 11 is 0. The number of nitrogens with zero attached hydrogens (tertiary/aromatic N) is 1. The molecule has 1 aromatic rings. The van der Waals surface area contributed by atoms with E-state index in [9.17, 15) is 4.79 Å². The van der Waals surface area contributed by atoms with Crippen LogP contribution in [0.3, 0.4) is 0 Å². The zero-order valence-corrected chi connectivity index (χ0v) is 10.2. The number of carbonyl (C=O) groups is 1. The Hall–Kier alpha value is -1.51. The number of benzene rings is 1. The molecule has 1 saturated heterocycles. The highest BCUT2D eigenvalue weighted by atomic mass is 16.4. The van der Waals surface area contributed by atoms with E-state index in [-0.39, 0.29) is 0 Å². The molecule has 0 aromatic heterocycles. The molecule has 92 valence electrons. The van der Waals surface area contributed by atoms with E-state index in [2.05, 4.69) is 19.1 Å². The molecule has 2 unspecified atom stereocenters. The Morgan fingerprint density at radius 3 is 2.76 bits per heavy atom. The third-order valence-corrected chi connectivity index (χ3v) is 3.76. The van der Waals surface area contributed by atoms with E-state index < -0.39 is 6.09 Å². The van der Waals surface area contributed by atoms with E-state index in [1.165, 1.54) is 5.56 Å². The molecule has 3 nitrogen and oxygen atoms in total. The van der Waals surface area contributed by atoms with E-state index in [4.69, 9.17) is 5.11 Å². The summed E-state index contributed by atoms with van der Waals surface area (Å²) in [6.45, 7) is 3.56. The lowest BCUT2D eigenvalue weighted by atomic mass is 9.82. The molecule has 0 radical (unpaired) electrons. The summed E-state index contributed by atoms with van der Waals surface area (Å²) in [6, 6.07) is 10.4. The third kappa shape index (κ3) is 2.78. The van der Waals surface area contributed by atoms with Crippen LogP contribution in [-0.4, -0.2) is 29.2 Å². The number of hydrogen-bond donors (Lipinski definition) is 1. The summed E-state index contributed by atoms with van der Waals surface area (Å²) in [6.07, 6.45) is 1.32. The number of piperidine rings is 1. The SMILES string of the molecule is CC(c1ccccc1)C1CCCN(C(=O)O)C1. The molecule has 3 heteroatoms. The highest BCUT2D eigenvalue weighted by molar-refractivity contribution is 5.65. The highest BCUT2D eigenvalue weighted by Crippen LogP contribution is 2.31. The lowest BCUT2D eigenvalue weighted by Crippen LogP contribution is -2.40. The minimum absolute atomic E-state index is 0.429. The van der Waals surface area contributed by atoms with Gasteiger partial charge < -0.3 is 10.0 Å². The van der Waals surface area contributed by atoms with Gasteiger partial charge in [0.25, 0.3) is 0 Å². The monoisotopic (exact) mass is 233 g/mol. The maximum absolute atomic E-state index is 11.0. The second-order valence-corrected chi connectivity index (χ2v) is 4.83. The molecule has 17 heavy (non-hydrogen) atoms. The molecule has 1 aromatic carbocycles. The molecule has 0 bridgehead atoms. The number of carboxylic acid groups (broad SMARTS) is 1. The molecule has 2 atom stereocenters. The molecule has 2 rings (SSSR count). The first-order valence-corrected chi connectivity index (χ1v) is 6.21. The van der Waals surface area contributed by atoms with Gasteiger partial charge in [-0.3, -0.25) is 0 Å². The fraction of sp³-hybridized carbons (Fsp3) is 0.500. The Morgan fingerprint density at radius 2 is 2.12 bits per heavy atom. The molecule has 0 spiro atoms. The van der Waals surface area contributed by atoms with Crippen molar-refractivity contribution in [3.05, 3.63) is 35.9 Å². The van der Waals surface area contributed by atoms with Crippen molar-refractivity contribution in [3.8, 4) is 0 Å². The maximum atomic E-state index is 11.0. The van der Waals surface area contributed by atoms with Crippen LogP contribution in [-0.2, 0) is 0 Å². The molecule has 1 heterocycles. The first kappa shape index (κ1) is 12.0. The van der Waals surface area contributed by atoms with Crippen molar-refractivity contribution in [2.45, 2.75) is 25.7 Å². The van der Waals surface area contributed by atoms with Crippen molar-refractivity contribution in [3.63, 3.8) is 0 Å². The van der Waals surface area contributed by atoms with Gasteiger partial charge in [0.1, 0.15) is 0 Å². The third-order valence-electron chi connectivity index (χ3n) is 3.76. The lowest BCUT2D eigenvalue weighted by Gasteiger charge is -2.34. The normalized spacial score (nSPS) is 22.2. The van der Waals surface area contributed by atoms with Gasteiger partial charge in [0.05, 0.1) is 0 Å².